The number of hydrogen-bond acceptors (Lipinski definition) is 5. The Morgan fingerprint density at radius 1 is 1.00 bits per heavy atom. The third kappa shape index (κ3) is 5.41. The molecule has 1 fully saturated rings. The zero-order chi connectivity index (χ0) is 24.9. The molecule has 0 aromatic heterocycles. The summed E-state index contributed by atoms with van der Waals surface area (Å²) in [5.74, 6) is -1.96. The van der Waals surface area contributed by atoms with Gasteiger partial charge in [0, 0.05) is 5.69 Å². The number of para-hydroxylation sites is 1. The van der Waals surface area contributed by atoms with Crippen molar-refractivity contribution >= 4 is 41.2 Å². The highest BCUT2D eigenvalue weighted by molar-refractivity contribution is 6.39. The van der Waals surface area contributed by atoms with E-state index in [9.17, 15) is 23.6 Å². The molecule has 1 heterocycles. The largest absolute Gasteiger partial charge is 0.484 e. The molecule has 3 aromatic rings. The van der Waals surface area contributed by atoms with E-state index >= 15 is 0 Å². The van der Waals surface area contributed by atoms with Gasteiger partial charge in [-0.3, -0.25) is 19.7 Å². The van der Waals surface area contributed by atoms with Crippen LogP contribution in [-0.4, -0.2) is 30.4 Å². The van der Waals surface area contributed by atoms with Crippen molar-refractivity contribution in [1.82, 2.24) is 5.32 Å². The second-order valence-corrected chi connectivity index (χ2v) is 7.66. The maximum Gasteiger partial charge on any atom is 0.335 e. The highest BCUT2D eigenvalue weighted by atomic mass is 19.1. The zero-order valence-electron chi connectivity index (χ0n) is 18.6. The van der Waals surface area contributed by atoms with Gasteiger partial charge in [-0.1, -0.05) is 30.3 Å². The standard InChI is InChI=1S/C26H20FN3O5/c1-16-4-2-3-5-22(16)30-25(33)21(24(32)29-26(30)34)14-17-6-12-20(13-7-17)35-15-23(31)28-19-10-8-18(27)9-11-19/h2-14H,15H2,1H3,(H,28,31)(H,29,32,34)/b21-14+. The van der Waals surface area contributed by atoms with E-state index in [1.807, 2.05) is 0 Å². The van der Waals surface area contributed by atoms with Crippen LogP contribution >= 0.6 is 0 Å². The Labute approximate surface area is 200 Å². The molecule has 4 rings (SSSR count). The van der Waals surface area contributed by atoms with Gasteiger partial charge in [0.05, 0.1) is 5.69 Å². The molecule has 1 saturated heterocycles. The first-order valence-corrected chi connectivity index (χ1v) is 10.6. The predicted octanol–water partition coefficient (Wildman–Crippen LogP) is 3.82. The van der Waals surface area contributed by atoms with Gasteiger partial charge < -0.3 is 10.1 Å². The Hall–Kier alpha value is -4.79. The lowest BCUT2D eigenvalue weighted by Crippen LogP contribution is -2.54. The smallest absolute Gasteiger partial charge is 0.335 e. The number of hydrogen-bond donors (Lipinski definition) is 2. The quantitative estimate of drug-likeness (QED) is 0.418. The van der Waals surface area contributed by atoms with Gasteiger partial charge >= 0.3 is 6.03 Å². The molecule has 0 aliphatic carbocycles. The Morgan fingerprint density at radius 3 is 2.37 bits per heavy atom. The fraction of sp³-hybridized carbons (Fsp3) is 0.0769. The van der Waals surface area contributed by atoms with Gasteiger partial charge in [0.25, 0.3) is 17.7 Å². The minimum Gasteiger partial charge on any atom is -0.484 e. The summed E-state index contributed by atoms with van der Waals surface area (Å²) in [6, 6.07) is 17.8. The number of nitrogens with one attached hydrogen (secondary N) is 2. The Morgan fingerprint density at radius 2 is 1.69 bits per heavy atom. The van der Waals surface area contributed by atoms with Crippen molar-refractivity contribution in [2.24, 2.45) is 0 Å². The van der Waals surface area contributed by atoms with Crippen LogP contribution in [0.3, 0.4) is 0 Å². The molecule has 1 aliphatic rings. The Kier molecular flexibility index (Phi) is 6.68. The lowest BCUT2D eigenvalue weighted by Gasteiger charge is -2.27. The molecule has 0 bridgehead atoms. The fourth-order valence-electron chi connectivity index (χ4n) is 3.40. The molecule has 0 radical (unpaired) electrons. The molecule has 1 aliphatic heterocycles. The van der Waals surface area contributed by atoms with Gasteiger partial charge in [-0.25, -0.2) is 14.1 Å². The SMILES string of the molecule is Cc1ccccc1N1C(=O)NC(=O)/C(=C\c2ccc(OCC(=O)Nc3ccc(F)cc3)cc2)C1=O. The number of amides is 5. The topological polar surface area (TPSA) is 105 Å². The summed E-state index contributed by atoms with van der Waals surface area (Å²) in [5, 5.41) is 4.78. The van der Waals surface area contributed by atoms with E-state index < -0.39 is 29.6 Å². The monoisotopic (exact) mass is 473 g/mol. The number of rotatable bonds is 6. The van der Waals surface area contributed by atoms with Crippen LogP contribution in [0.4, 0.5) is 20.6 Å². The molecule has 176 valence electrons. The van der Waals surface area contributed by atoms with E-state index in [1.54, 1.807) is 55.5 Å². The van der Waals surface area contributed by atoms with Crippen molar-refractivity contribution in [3.63, 3.8) is 0 Å². The summed E-state index contributed by atoms with van der Waals surface area (Å²) >= 11 is 0. The van der Waals surface area contributed by atoms with Crippen LogP contribution < -0.4 is 20.3 Å². The van der Waals surface area contributed by atoms with Crippen molar-refractivity contribution in [3.8, 4) is 5.75 Å². The van der Waals surface area contributed by atoms with E-state index in [2.05, 4.69) is 10.6 Å². The minimum atomic E-state index is -0.811. The summed E-state index contributed by atoms with van der Waals surface area (Å²) in [4.78, 5) is 50.7. The number of imide groups is 2. The van der Waals surface area contributed by atoms with E-state index in [4.69, 9.17) is 4.74 Å². The summed E-state index contributed by atoms with van der Waals surface area (Å²) in [6.45, 7) is 1.49. The number of ether oxygens (including phenoxy) is 1. The molecule has 0 unspecified atom stereocenters. The van der Waals surface area contributed by atoms with E-state index in [-0.39, 0.29) is 12.2 Å². The molecule has 8 nitrogen and oxygen atoms in total. The van der Waals surface area contributed by atoms with E-state index in [0.717, 1.165) is 4.90 Å². The van der Waals surface area contributed by atoms with Crippen LogP contribution in [0.2, 0.25) is 0 Å². The van der Waals surface area contributed by atoms with Crippen molar-refractivity contribution in [2.45, 2.75) is 6.92 Å². The van der Waals surface area contributed by atoms with Gasteiger partial charge in [0.1, 0.15) is 17.1 Å². The number of aryl methyl sites for hydroxylation is 1. The lowest BCUT2D eigenvalue weighted by molar-refractivity contribution is -0.122. The van der Waals surface area contributed by atoms with Gasteiger partial charge in [-0.2, -0.15) is 0 Å². The number of halogens is 1. The summed E-state index contributed by atoms with van der Waals surface area (Å²) < 4.78 is 18.4. The molecule has 3 aromatic carbocycles. The number of urea groups is 1. The third-order valence-corrected chi connectivity index (χ3v) is 5.15. The first-order valence-electron chi connectivity index (χ1n) is 10.6. The fourth-order valence-corrected chi connectivity index (χ4v) is 3.40. The summed E-state index contributed by atoms with van der Waals surface area (Å²) in [5.41, 5.74) is 1.85. The van der Waals surface area contributed by atoms with Crippen LogP contribution in [0.25, 0.3) is 6.08 Å². The molecule has 9 heteroatoms. The normalized spacial score (nSPS) is 14.6. The Bertz CT molecular complexity index is 1330. The van der Waals surface area contributed by atoms with Gasteiger partial charge in [-0.05, 0) is 66.6 Å². The highest BCUT2D eigenvalue weighted by Crippen LogP contribution is 2.25. The van der Waals surface area contributed by atoms with E-state index in [1.165, 1.54) is 30.3 Å². The first-order chi connectivity index (χ1) is 16.8. The van der Waals surface area contributed by atoms with Crippen molar-refractivity contribution < 1.29 is 28.3 Å². The molecule has 0 saturated carbocycles. The van der Waals surface area contributed by atoms with Crippen molar-refractivity contribution in [3.05, 3.63) is 95.3 Å². The maximum absolute atomic E-state index is 13.0. The van der Waals surface area contributed by atoms with Crippen molar-refractivity contribution in [1.29, 1.82) is 0 Å². The van der Waals surface area contributed by atoms with Crippen molar-refractivity contribution in [2.75, 3.05) is 16.8 Å². The third-order valence-electron chi connectivity index (χ3n) is 5.15. The molecule has 35 heavy (non-hydrogen) atoms. The minimum absolute atomic E-state index is 0.194. The van der Waals surface area contributed by atoms with Crippen LogP contribution in [-0.2, 0) is 14.4 Å². The lowest BCUT2D eigenvalue weighted by atomic mass is 10.1. The molecule has 2 N–H and O–H groups in total. The zero-order valence-corrected chi connectivity index (χ0v) is 18.6. The van der Waals surface area contributed by atoms with Crippen LogP contribution in [0.1, 0.15) is 11.1 Å². The molecular weight excluding hydrogens is 453 g/mol. The predicted molar refractivity (Wildman–Crippen MR) is 127 cm³/mol. The molecule has 5 amide bonds. The van der Waals surface area contributed by atoms with Gasteiger partial charge in [0.2, 0.25) is 0 Å². The summed E-state index contributed by atoms with van der Waals surface area (Å²) in [6.07, 6.45) is 1.38. The number of anilines is 2. The number of carbonyl (C=O) groups is 4. The molecule has 0 atom stereocenters. The number of carbonyl (C=O) groups excluding carboxylic acids is 4. The second kappa shape index (κ2) is 10.0. The van der Waals surface area contributed by atoms with Gasteiger partial charge in [-0.15, -0.1) is 0 Å². The molecule has 0 spiro atoms. The maximum atomic E-state index is 13.0. The average Bonchev–Trinajstić information content (AvgIpc) is 2.84. The first kappa shape index (κ1) is 23.4. The van der Waals surface area contributed by atoms with Crippen LogP contribution in [0.15, 0.2) is 78.4 Å². The van der Waals surface area contributed by atoms with Crippen LogP contribution in [0, 0.1) is 12.7 Å². The second-order valence-electron chi connectivity index (χ2n) is 7.66. The number of nitrogens with zero attached hydrogens (tertiary/aromatic N) is 1. The average molecular weight is 473 g/mol. The van der Waals surface area contributed by atoms with Gasteiger partial charge in [0.15, 0.2) is 6.61 Å². The number of benzene rings is 3. The molecular formula is C26H20FN3O5. The van der Waals surface area contributed by atoms with E-state index in [0.29, 0.717) is 28.3 Å². The number of barbiturate groups is 1. The van der Waals surface area contributed by atoms with Crippen LogP contribution in [0.5, 0.6) is 5.75 Å². The highest BCUT2D eigenvalue weighted by Gasteiger charge is 2.37. The summed E-state index contributed by atoms with van der Waals surface area (Å²) in [7, 11) is 0. The Balaban J connectivity index is 1.43.